The van der Waals surface area contributed by atoms with E-state index in [9.17, 15) is 0 Å². The first-order chi connectivity index (χ1) is 15.8. The van der Waals surface area contributed by atoms with Crippen LogP contribution in [0.5, 0.6) is 0 Å². The number of hydrogen-bond donors (Lipinski definition) is 2. The SMILES string of the molecule is C1CNCCOC1.Nc1ncc(-c2ccc(C3CCOCC3)cc2)cc1-c1ccncc1. The number of anilines is 1. The molecule has 0 spiro atoms. The van der Waals surface area contributed by atoms with Gasteiger partial charge in [-0.05, 0) is 66.6 Å². The Balaban J connectivity index is 0.000000300. The molecule has 0 aliphatic carbocycles. The van der Waals surface area contributed by atoms with Crippen molar-refractivity contribution in [3.05, 3.63) is 66.6 Å². The third-order valence-corrected chi connectivity index (χ3v) is 5.91. The highest BCUT2D eigenvalue weighted by Gasteiger charge is 2.16. The number of aromatic nitrogens is 2. The van der Waals surface area contributed by atoms with Gasteiger partial charge in [-0.3, -0.25) is 4.98 Å². The summed E-state index contributed by atoms with van der Waals surface area (Å²) in [6, 6.07) is 14.8. The van der Waals surface area contributed by atoms with E-state index in [0.29, 0.717) is 11.7 Å². The maximum absolute atomic E-state index is 6.08. The van der Waals surface area contributed by atoms with E-state index in [0.717, 1.165) is 74.6 Å². The molecule has 0 saturated carbocycles. The van der Waals surface area contributed by atoms with Crippen LogP contribution in [0.15, 0.2) is 61.1 Å². The zero-order valence-electron chi connectivity index (χ0n) is 18.5. The molecule has 5 rings (SSSR count). The fourth-order valence-corrected chi connectivity index (χ4v) is 4.05. The molecule has 0 atom stereocenters. The summed E-state index contributed by atoms with van der Waals surface area (Å²) >= 11 is 0. The fourth-order valence-electron chi connectivity index (χ4n) is 4.05. The molecular formula is C26H32N4O2. The molecule has 2 aromatic heterocycles. The van der Waals surface area contributed by atoms with Gasteiger partial charge in [-0.1, -0.05) is 24.3 Å². The molecule has 0 bridgehead atoms. The molecule has 0 amide bonds. The number of rotatable bonds is 3. The molecule has 3 N–H and O–H groups in total. The number of hydrogen-bond acceptors (Lipinski definition) is 6. The van der Waals surface area contributed by atoms with Crippen LogP contribution in [0.25, 0.3) is 22.3 Å². The van der Waals surface area contributed by atoms with Crippen LogP contribution in [0.2, 0.25) is 0 Å². The number of nitrogens with two attached hydrogens (primary N) is 1. The van der Waals surface area contributed by atoms with Gasteiger partial charge < -0.3 is 20.5 Å². The van der Waals surface area contributed by atoms with Gasteiger partial charge in [-0.25, -0.2) is 4.98 Å². The van der Waals surface area contributed by atoms with E-state index >= 15 is 0 Å². The Bertz CT molecular complexity index is 938. The van der Waals surface area contributed by atoms with Gasteiger partial charge in [0.05, 0.1) is 6.61 Å². The smallest absolute Gasteiger partial charge is 0.131 e. The fraction of sp³-hybridized carbons (Fsp3) is 0.385. The van der Waals surface area contributed by atoms with Crippen LogP contribution in [-0.2, 0) is 9.47 Å². The van der Waals surface area contributed by atoms with Crippen molar-refractivity contribution in [2.24, 2.45) is 0 Å². The van der Waals surface area contributed by atoms with Crippen LogP contribution in [0, 0.1) is 0 Å². The molecule has 6 heteroatoms. The quantitative estimate of drug-likeness (QED) is 0.643. The lowest BCUT2D eigenvalue weighted by atomic mass is 9.90. The highest BCUT2D eigenvalue weighted by Crippen LogP contribution is 2.31. The molecule has 4 heterocycles. The van der Waals surface area contributed by atoms with Crippen molar-refractivity contribution in [2.45, 2.75) is 25.2 Å². The van der Waals surface area contributed by atoms with Gasteiger partial charge >= 0.3 is 0 Å². The van der Waals surface area contributed by atoms with Crippen LogP contribution in [0.4, 0.5) is 5.82 Å². The molecule has 32 heavy (non-hydrogen) atoms. The highest BCUT2D eigenvalue weighted by molar-refractivity contribution is 5.79. The summed E-state index contributed by atoms with van der Waals surface area (Å²) in [5.74, 6) is 1.15. The van der Waals surface area contributed by atoms with E-state index in [4.69, 9.17) is 15.2 Å². The van der Waals surface area contributed by atoms with Crippen molar-refractivity contribution in [3.8, 4) is 22.3 Å². The molecule has 3 aromatic rings. The largest absolute Gasteiger partial charge is 0.383 e. The Labute approximate surface area is 190 Å². The number of nitrogen functional groups attached to an aromatic ring is 1. The molecule has 2 saturated heterocycles. The number of nitrogens with one attached hydrogen (secondary N) is 1. The second-order valence-corrected chi connectivity index (χ2v) is 8.12. The number of benzene rings is 1. The minimum Gasteiger partial charge on any atom is -0.383 e. The monoisotopic (exact) mass is 432 g/mol. The standard InChI is InChI=1S/C21H21N3O.C5H11NO/c22-21-20(18-5-9-23-10-6-18)13-19(14-24-21)16-3-1-15(2-4-16)17-7-11-25-12-8-17;1-2-6-3-5-7-4-1/h1-6,9-10,13-14,17H,7-8,11-12H2,(H2,22,24);6H,1-5H2. The van der Waals surface area contributed by atoms with Crippen LogP contribution in [0.1, 0.15) is 30.7 Å². The lowest BCUT2D eigenvalue weighted by Crippen LogP contribution is -2.15. The number of nitrogens with zero attached hydrogens (tertiary/aromatic N) is 2. The van der Waals surface area contributed by atoms with Crippen molar-refractivity contribution in [1.82, 2.24) is 15.3 Å². The normalized spacial score (nSPS) is 17.1. The first-order valence-electron chi connectivity index (χ1n) is 11.4. The van der Waals surface area contributed by atoms with Gasteiger partial charge in [0.15, 0.2) is 0 Å². The lowest BCUT2D eigenvalue weighted by Gasteiger charge is -2.22. The summed E-state index contributed by atoms with van der Waals surface area (Å²) in [6.45, 7) is 5.71. The van der Waals surface area contributed by atoms with Crippen molar-refractivity contribution in [1.29, 1.82) is 0 Å². The van der Waals surface area contributed by atoms with E-state index < -0.39 is 0 Å². The zero-order chi connectivity index (χ0) is 22.0. The molecule has 2 aliphatic heterocycles. The molecule has 2 aliphatic rings. The van der Waals surface area contributed by atoms with Crippen LogP contribution in [0.3, 0.4) is 0 Å². The van der Waals surface area contributed by atoms with Crippen LogP contribution >= 0.6 is 0 Å². The number of pyridine rings is 2. The van der Waals surface area contributed by atoms with Crippen molar-refractivity contribution in [2.75, 3.05) is 45.3 Å². The zero-order valence-corrected chi connectivity index (χ0v) is 18.5. The molecular weight excluding hydrogens is 400 g/mol. The molecule has 1 aromatic carbocycles. The Kier molecular flexibility index (Phi) is 8.20. The van der Waals surface area contributed by atoms with Crippen molar-refractivity contribution < 1.29 is 9.47 Å². The van der Waals surface area contributed by atoms with Gasteiger partial charge in [-0.2, -0.15) is 0 Å². The van der Waals surface area contributed by atoms with E-state index in [1.165, 1.54) is 12.0 Å². The molecule has 168 valence electrons. The second-order valence-electron chi connectivity index (χ2n) is 8.12. The minimum absolute atomic E-state index is 0.536. The van der Waals surface area contributed by atoms with Gasteiger partial charge in [-0.15, -0.1) is 0 Å². The van der Waals surface area contributed by atoms with Gasteiger partial charge in [0.1, 0.15) is 5.82 Å². The predicted molar refractivity (Wildman–Crippen MR) is 128 cm³/mol. The van der Waals surface area contributed by atoms with Crippen LogP contribution < -0.4 is 11.1 Å². The maximum atomic E-state index is 6.08. The average molecular weight is 433 g/mol. The third-order valence-electron chi connectivity index (χ3n) is 5.91. The molecule has 0 unspecified atom stereocenters. The van der Waals surface area contributed by atoms with E-state index in [2.05, 4.69) is 45.6 Å². The van der Waals surface area contributed by atoms with E-state index in [1.807, 2.05) is 18.3 Å². The summed E-state index contributed by atoms with van der Waals surface area (Å²) < 4.78 is 10.6. The molecule has 0 radical (unpaired) electrons. The van der Waals surface area contributed by atoms with Gasteiger partial charge in [0.25, 0.3) is 0 Å². The summed E-state index contributed by atoms with van der Waals surface area (Å²) in [4.78, 5) is 8.45. The average Bonchev–Trinajstić information content (AvgIpc) is 3.19. The highest BCUT2D eigenvalue weighted by atomic mass is 16.5. The van der Waals surface area contributed by atoms with Crippen molar-refractivity contribution in [3.63, 3.8) is 0 Å². The van der Waals surface area contributed by atoms with Crippen LogP contribution in [-0.4, -0.2) is 49.5 Å². The summed E-state index contributed by atoms with van der Waals surface area (Å²) in [7, 11) is 0. The molecule has 6 nitrogen and oxygen atoms in total. The Morgan fingerprint density at radius 3 is 2.34 bits per heavy atom. The first kappa shape index (κ1) is 22.4. The minimum atomic E-state index is 0.536. The maximum Gasteiger partial charge on any atom is 0.131 e. The lowest BCUT2D eigenvalue weighted by molar-refractivity contribution is 0.0853. The Morgan fingerprint density at radius 2 is 1.56 bits per heavy atom. The second kappa shape index (κ2) is 11.7. The summed E-state index contributed by atoms with van der Waals surface area (Å²) in [6.07, 6.45) is 8.75. The third kappa shape index (κ3) is 6.13. The Morgan fingerprint density at radius 1 is 0.812 bits per heavy atom. The summed E-state index contributed by atoms with van der Waals surface area (Å²) in [5, 5.41) is 3.22. The molecule has 2 fully saturated rings. The predicted octanol–water partition coefficient (Wildman–Crippen LogP) is 4.28. The first-order valence-corrected chi connectivity index (χ1v) is 11.4. The van der Waals surface area contributed by atoms with Gasteiger partial charge in [0, 0.05) is 56.1 Å². The van der Waals surface area contributed by atoms with E-state index in [-0.39, 0.29) is 0 Å². The van der Waals surface area contributed by atoms with E-state index in [1.54, 1.807) is 12.4 Å². The van der Waals surface area contributed by atoms with Gasteiger partial charge in [0.2, 0.25) is 0 Å². The Hall–Kier alpha value is -2.80. The summed E-state index contributed by atoms with van der Waals surface area (Å²) in [5.41, 5.74) is 11.7. The van der Waals surface area contributed by atoms with Crippen molar-refractivity contribution >= 4 is 5.82 Å². The topological polar surface area (TPSA) is 82.3 Å². The number of ether oxygens (including phenoxy) is 2.